The van der Waals surface area contributed by atoms with Gasteiger partial charge in [-0.1, -0.05) is 19.1 Å². The highest BCUT2D eigenvalue weighted by atomic mass is 16.6. The molecule has 0 aliphatic carbocycles. The molecule has 0 spiro atoms. The zero-order chi connectivity index (χ0) is 19.3. The van der Waals surface area contributed by atoms with E-state index in [1.165, 1.54) is 6.08 Å². The van der Waals surface area contributed by atoms with Crippen molar-refractivity contribution in [3.63, 3.8) is 0 Å². The number of nitrogens with one attached hydrogen (secondary N) is 1. The van der Waals surface area contributed by atoms with E-state index in [-0.39, 0.29) is 11.9 Å². The van der Waals surface area contributed by atoms with Gasteiger partial charge in [0, 0.05) is 6.08 Å². The van der Waals surface area contributed by atoms with Gasteiger partial charge in [0.25, 0.3) is 0 Å². The van der Waals surface area contributed by atoms with Crippen molar-refractivity contribution < 1.29 is 23.7 Å². The number of ether oxygens (including phenoxy) is 4. The summed E-state index contributed by atoms with van der Waals surface area (Å²) < 4.78 is 22.3. The second-order valence-corrected chi connectivity index (χ2v) is 6.61. The molecule has 1 amide bonds. The Balaban J connectivity index is 1.42. The van der Waals surface area contributed by atoms with Crippen LogP contribution in [0.1, 0.15) is 30.5 Å². The van der Waals surface area contributed by atoms with Gasteiger partial charge in [-0.25, -0.2) is 0 Å². The number of carbonyl (C=O) groups excluding carboxylic acids is 1. The Bertz CT molecular complexity index is 892. The molecule has 28 heavy (non-hydrogen) atoms. The van der Waals surface area contributed by atoms with E-state index in [9.17, 15) is 4.79 Å². The molecule has 0 saturated heterocycles. The van der Waals surface area contributed by atoms with Gasteiger partial charge in [0.1, 0.15) is 26.4 Å². The smallest absolute Gasteiger partial charge is 0.244 e. The van der Waals surface area contributed by atoms with E-state index in [0.29, 0.717) is 32.2 Å². The molecule has 1 unspecified atom stereocenters. The summed E-state index contributed by atoms with van der Waals surface area (Å²) >= 11 is 0. The number of amides is 1. The third-order valence-electron chi connectivity index (χ3n) is 4.69. The zero-order valence-electron chi connectivity index (χ0n) is 15.8. The van der Waals surface area contributed by atoms with Gasteiger partial charge >= 0.3 is 0 Å². The van der Waals surface area contributed by atoms with Crippen LogP contribution in [0.2, 0.25) is 0 Å². The lowest BCUT2D eigenvalue weighted by Gasteiger charge is -2.22. The van der Waals surface area contributed by atoms with Crippen LogP contribution in [0.4, 0.5) is 0 Å². The number of rotatable bonds is 5. The van der Waals surface area contributed by atoms with Crippen LogP contribution in [0.3, 0.4) is 0 Å². The van der Waals surface area contributed by atoms with E-state index < -0.39 is 0 Å². The van der Waals surface area contributed by atoms with E-state index in [2.05, 4.69) is 5.32 Å². The topological polar surface area (TPSA) is 66.0 Å². The molecule has 2 aliphatic heterocycles. The van der Waals surface area contributed by atoms with Crippen LogP contribution >= 0.6 is 0 Å². The first-order valence-electron chi connectivity index (χ1n) is 9.50. The first kappa shape index (κ1) is 18.2. The minimum Gasteiger partial charge on any atom is -0.486 e. The van der Waals surface area contributed by atoms with E-state index in [4.69, 9.17) is 18.9 Å². The summed E-state index contributed by atoms with van der Waals surface area (Å²) in [6, 6.07) is 11.3. The molecule has 0 bridgehead atoms. The number of carbonyl (C=O) groups is 1. The van der Waals surface area contributed by atoms with Gasteiger partial charge in [-0.05, 0) is 47.9 Å². The molecule has 2 heterocycles. The van der Waals surface area contributed by atoms with Crippen LogP contribution in [0.25, 0.3) is 6.08 Å². The second kappa shape index (κ2) is 8.25. The number of benzene rings is 2. The average molecular weight is 381 g/mol. The lowest BCUT2D eigenvalue weighted by atomic mass is 10.0. The van der Waals surface area contributed by atoms with Crippen LogP contribution in [0, 0.1) is 0 Å². The largest absolute Gasteiger partial charge is 0.486 e. The molecule has 1 atom stereocenters. The summed E-state index contributed by atoms with van der Waals surface area (Å²) in [5, 5.41) is 3.04. The van der Waals surface area contributed by atoms with Crippen LogP contribution in [-0.2, 0) is 4.79 Å². The number of hydrogen-bond acceptors (Lipinski definition) is 5. The molecule has 2 aromatic rings. The monoisotopic (exact) mass is 381 g/mol. The quantitative estimate of drug-likeness (QED) is 0.803. The molecule has 0 aromatic heterocycles. The SMILES string of the molecule is CCC(NC(=O)C=Cc1ccc2c(c1)OCCO2)c1ccc2c(c1)OCCO2. The molecular formula is C22H23NO5. The maximum atomic E-state index is 12.4. The highest BCUT2D eigenvalue weighted by Gasteiger charge is 2.17. The van der Waals surface area contributed by atoms with Crippen molar-refractivity contribution in [1.82, 2.24) is 5.32 Å². The van der Waals surface area contributed by atoms with Gasteiger partial charge in [-0.3, -0.25) is 4.79 Å². The fourth-order valence-electron chi connectivity index (χ4n) is 3.25. The van der Waals surface area contributed by atoms with Crippen LogP contribution < -0.4 is 24.3 Å². The third-order valence-corrected chi connectivity index (χ3v) is 4.69. The van der Waals surface area contributed by atoms with Crippen molar-refractivity contribution in [3.05, 3.63) is 53.6 Å². The summed E-state index contributed by atoms with van der Waals surface area (Å²) in [4.78, 5) is 12.4. The molecule has 2 aliphatic rings. The van der Waals surface area contributed by atoms with Crippen molar-refractivity contribution >= 4 is 12.0 Å². The highest BCUT2D eigenvalue weighted by Crippen LogP contribution is 2.33. The Hall–Kier alpha value is -3.15. The molecular weight excluding hydrogens is 358 g/mol. The summed E-state index contributed by atoms with van der Waals surface area (Å²) in [5.74, 6) is 2.75. The maximum absolute atomic E-state index is 12.4. The molecule has 0 fully saturated rings. The van der Waals surface area contributed by atoms with Crippen LogP contribution in [0.5, 0.6) is 23.0 Å². The first-order valence-corrected chi connectivity index (χ1v) is 9.50. The predicted molar refractivity (Wildman–Crippen MR) is 105 cm³/mol. The lowest BCUT2D eigenvalue weighted by Crippen LogP contribution is -2.26. The summed E-state index contributed by atoms with van der Waals surface area (Å²) in [7, 11) is 0. The van der Waals surface area contributed by atoms with Crippen molar-refractivity contribution in [2.45, 2.75) is 19.4 Å². The molecule has 6 nitrogen and oxygen atoms in total. The molecule has 6 heteroatoms. The minimum absolute atomic E-state index is 0.103. The summed E-state index contributed by atoms with van der Waals surface area (Å²) in [5.41, 5.74) is 1.87. The van der Waals surface area contributed by atoms with Crippen molar-refractivity contribution in [2.75, 3.05) is 26.4 Å². The standard InChI is InChI=1S/C22H23NO5/c1-2-17(16-5-7-19-21(14-16)28-12-10-26-19)23-22(24)8-4-15-3-6-18-20(13-15)27-11-9-25-18/h3-8,13-14,17H,2,9-12H2,1H3,(H,23,24). The van der Waals surface area contributed by atoms with Gasteiger partial charge in [0.2, 0.25) is 5.91 Å². The molecule has 0 saturated carbocycles. The van der Waals surface area contributed by atoms with Gasteiger partial charge < -0.3 is 24.3 Å². The Labute approximate surface area is 164 Å². The Morgan fingerprint density at radius 3 is 2.21 bits per heavy atom. The van der Waals surface area contributed by atoms with E-state index in [1.54, 1.807) is 6.08 Å². The summed E-state index contributed by atoms with van der Waals surface area (Å²) in [6.07, 6.45) is 4.07. The van der Waals surface area contributed by atoms with Gasteiger partial charge in [-0.2, -0.15) is 0 Å². The van der Waals surface area contributed by atoms with Crippen molar-refractivity contribution in [1.29, 1.82) is 0 Å². The van der Waals surface area contributed by atoms with Crippen LogP contribution in [-0.4, -0.2) is 32.3 Å². The first-order chi connectivity index (χ1) is 13.7. The normalized spacial score (nSPS) is 15.9. The maximum Gasteiger partial charge on any atom is 0.244 e. The molecule has 146 valence electrons. The summed E-state index contributed by atoms with van der Waals surface area (Å²) in [6.45, 7) is 4.23. The third kappa shape index (κ3) is 4.06. The predicted octanol–water partition coefficient (Wildman–Crippen LogP) is 3.51. The van der Waals surface area contributed by atoms with E-state index in [0.717, 1.165) is 34.8 Å². The molecule has 0 radical (unpaired) electrons. The zero-order valence-corrected chi connectivity index (χ0v) is 15.8. The fraction of sp³-hybridized carbons (Fsp3) is 0.318. The highest BCUT2D eigenvalue weighted by molar-refractivity contribution is 5.92. The van der Waals surface area contributed by atoms with Crippen molar-refractivity contribution in [2.24, 2.45) is 0 Å². The van der Waals surface area contributed by atoms with Crippen LogP contribution in [0.15, 0.2) is 42.5 Å². The van der Waals surface area contributed by atoms with Crippen molar-refractivity contribution in [3.8, 4) is 23.0 Å². The number of hydrogen-bond donors (Lipinski definition) is 1. The fourth-order valence-corrected chi connectivity index (χ4v) is 3.25. The Morgan fingerprint density at radius 1 is 0.929 bits per heavy atom. The van der Waals surface area contributed by atoms with Gasteiger partial charge in [-0.15, -0.1) is 0 Å². The Morgan fingerprint density at radius 2 is 1.54 bits per heavy atom. The minimum atomic E-state index is -0.156. The lowest BCUT2D eigenvalue weighted by molar-refractivity contribution is -0.117. The van der Waals surface area contributed by atoms with E-state index >= 15 is 0 Å². The molecule has 1 N–H and O–H groups in total. The average Bonchev–Trinajstić information content (AvgIpc) is 2.75. The molecule has 4 rings (SSSR count). The van der Waals surface area contributed by atoms with Gasteiger partial charge in [0.15, 0.2) is 23.0 Å². The molecule has 2 aromatic carbocycles. The second-order valence-electron chi connectivity index (χ2n) is 6.61. The Kier molecular flexibility index (Phi) is 5.37. The van der Waals surface area contributed by atoms with Gasteiger partial charge in [0.05, 0.1) is 6.04 Å². The number of fused-ring (bicyclic) bond motifs is 2. The van der Waals surface area contributed by atoms with E-state index in [1.807, 2.05) is 43.3 Å².